The lowest BCUT2D eigenvalue weighted by atomic mass is 10.2. The molecule has 0 spiro atoms. The van der Waals surface area contributed by atoms with E-state index in [1.807, 2.05) is 0 Å². The second-order valence-electron chi connectivity index (χ2n) is 2.76. The van der Waals surface area contributed by atoms with Gasteiger partial charge in [-0.2, -0.15) is 17.4 Å². The number of rotatable bonds is 3. The van der Waals surface area contributed by atoms with Crippen LogP contribution in [0.15, 0.2) is 0 Å². The summed E-state index contributed by atoms with van der Waals surface area (Å²) >= 11 is 0. The van der Waals surface area contributed by atoms with Crippen LogP contribution in [0, 0.1) is 0 Å². The first-order valence-electron chi connectivity index (χ1n) is 3.43. The molecule has 74 valence electrons. The van der Waals surface area contributed by atoms with Crippen LogP contribution in [0.25, 0.3) is 0 Å². The molecule has 0 saturated carbocycles. The lowest BCUT2D eigenvalue weighted by Crippen LogP contribution is -2.58. The maximum absolute atomic E-state index is 11.1. The summed E-state index contributed by atoms with van der Waals surface area (Å²) in [6.45, 7) is 1.46. The van der Waals surface area contributed by atoms with Crippen molar-refractivity contribution >= 4 is 22.6 Å². The molecule has 2 N–H and O–H groups in total. The Kier molecular flexibility index (Phi) is 4.43. The third-order valence-corrected chi connectivity index (χ3v) is 3.17. The molecule has 1 aliphatic rings. The van der Waals surface area contributed by atoms with E-state index in [-0.39, 0.29) is 18.4 Å². The van der Waals surface area contributed by atoms with E-state index in [0.717, 1.165) is 13.1 Å². The van der Waals surface area contributed by atoms with Gasteiger partial charge in [0.1, 0.15) is 0 Å². The minimum Gasteiger partial charge on any atom is -0.313 e. The summed E-state index contributed by atoms with van der Waals surface area (Å²) in [7, 11) is -0.198. The summed E-state index contributed by atoms with van der Waals surface area (Å²) in [6.07, 6.45) is 0. The molecule has 0 atom stereocenters. The molecule has 1 saturated heterocycles. The molecule has 0 unspecified atom stereocenters. The van der Waals surface area contributed by atoms with E-state index in [9.17, 15) is 8.42 Å². The largest absolute Gasteiger partial charge is 0.313 e. The Morgan fingerprint density at radius 2 is 1.92 bits per heavy atom. The lowest BCUT2D eigenvalue weighted by molar-refractivity contribution is 0.397. The first kappa shape index (κ1) is 12.1. The zero-order valence-electron chi connectivity index (χ0n) is 7.07. The average molecular weight is 216 g/mol. The average Bonchev–Trinajstić information content (AvgIpc) is 1.79. The van der Waals surface area contributed by atoms with Gasteiger partial charge in [-0.3, -0.25) is 0 Å². The van der Waals surface area contributed by atoms with Crippen LogP contribution in [0.2, 0.25) is 0 Å². The van der Waals surface area contributed by atoms with Gasteiger partial charge in [0.15, 0.2) is 0 Å². The van der Waals surface area contributed by atoms with E-state index in [1.54, 1.807) is 0 Å². The Balaban J connectivity index is 0.00000121. The predicted octanol–water partition coefficient (Wildman–Crippen LogP) is -1.22. The topological polar surface area (TPSA) is 61.4 Å². The molecular weight excluding hydrogens is 202 g/mol. The SMILES string of the molecule is CN(C)S(=O)(=O)NC1CNC1.Cl. The minimum atomic E-state index is -3.21. The van der Waals surface area contributed by atoms with Crippen molar-refractivity contribution in [3.63, 3.8) is 0 Å². The van der Waals surface area contributed by atoms with Crippen molar-refractivity contribution in [2.24, 2.45) is 0 Å². The molecule has 1 fully saturated rings. The highest BCUT2D eigenvalue weighted by atomic mass is 35.5. The highest BCUT2D eigenvalue weighted by Gasteiger charge is 2.23. The highest BCUT2D eigenvalue weighted by molar-refractivity contribution is 7.87. The van der Waals surface area contributed by atoms with E-state index < -0.39 is 10.2 Å². The minimum absolute atomic E-state index is 0. The van der Waals surface area contributed by atoms with E-state index in [2.05, 4.69) is 10.0 Å². The molecule has 1 rings (SSSR count). The smallest absolute Gasteiger partial charge is 0.279 e. The summed E-state index contributed by atoms with van der Waals surface area (Å²) in [5.41, 5.74) is 0. The number of nitrogens with zero attached hydrogens (tertiary/aromatic N) is 1. The number of hydrogen-bond acceptors (Lipinski definition) is 3. The maximum atomic E-state index is 11.1. The molecule has 0 radical (unpaired) electrons. The van der Waals surface area contributed by atoms with Crippen molar-refractivity contribution in [2.45, 2.75) is 6.04 Å². The molecule has 5 nitrogen and oxygen atoms in total. The van der Waals surface area contributed by atoms with Crippen LogP contribution in [-0.4, -0.2) is 45.9 Å². The Morgan fingerprint density at radius 1 is 1.42 bits per heavy atom. The summed E-state index contributed by atoms with van der Waals surface area (Å²) < 4.78 is 25.9. The van der Waals surface area contributed by atoms with Gasteiger partial charge >= 0.3 is 0 Å². The molecular formula is C5H14ClN3O2S. The van der Waals surface area contributed by atoms with E-state index in [1.165, 1.54) is 18.4 Å². The van der Waals surface area contributed by atoms with Crippen LogP contribution in [0.3, 0.4) is 0 Å². The van der Waals surface area contributed by atoms with Gasteiger partial charge in [0.2, 0.25) is 0 Å². The number of hydrogen-bond donors (Lipinski definition) is 2. The van der Waals surface area contributed by atoms with Crippen molar-refractivity contribution in [3.8, 4) is 0 Å². The van der Waals surface area contributed by atoms with Crippen LogP contribution in [-0.2, 0) is 10.2 Å². The van der Waals surface area contributed by atoms with Gasteiger partial charge in [0, 0.05) is 33.2 Å². The van der Waals surface area contributed by atoms with Gasteiger partial charge < -0.3 is 5.32 Å². The monoisotopic (exact) mass is 215 g/mol. The summed E-state index contributed by atoms with van der Waals surface area (Å²) in [5, 5.41) is 2.98. The van der Waals surface area contributed by atoms with Crippen molar-refractivity contribution in [1.82, 2.24) is 14.3 Å². The third kappa shape index (κ3) is 2.87. The molecule has 1 aliphatic heterocycles. The molecule has 12 heavy (non-hydrogen) atoms. The molecule has 7 heteroatoms. The second kappa shape index (κ2) is 4.38. The van der Waals surface area contributed by atoms with Crippen LogP contribution in [0.5, 0.6) is 0 Å². The van der Waals surface area contributed by atoms with Crippen molar-refractivity contribution < 1.29 is 8.42 Å². The van der Waals surface area contributed by atoms with Crippen LogP contribution >= 0.6 is 12.4 Å². The summed E-state index contributed by atoms with van der Waals surface area (Å²) in [6, 6.07) is 0.0717. The fourth-order valence-electron chi connectivity index (χ4n) is 0.688. The van der Waals surface area contributed by atoms with Crippen molar-refractivity contribution in [2.75, 3.05) is 27.2 Å². The zero-order chi connectivity index (χ0) is 8.48. The van der Waals surface area contributed by atoms with E-state index in [0.29, 0.717) is 0 Å². The van der Waals surface area contributed by atoms with Gasteiger partial charge in [-0.25, -0.2) is 0 Å². The van der Waals surface area contributed by atoms with E-state index >= 15 is 0 Å². The predicted molar refractivity (Wildman–Crippen MR) is 49.6 cm³/mol. The van der Waals surface area contributed by atoms with Gasteiger partial charge in [-0.05, 0) is 0 Å². The fourth-order valence-corrected chi connectivity index (χ4v) is 1.49. The second-order valence-corrected chi connectivity index (χ2v) is 4.68. The van der Waals surface area contributed by atoms with Gasteiger partial charge in [-0.1, -0.05) is 0 Å². The number of halogens is 1. The molecule has 0 aromatic rings. The lowest BCUT2D eigenvalue weighted by Gasteiger charge is -2.28. The maximum Gasteiger partial charge on any atom is 0.279 e. The van der Waals surface area contributed by atoms with Gasteiger partial charge in [-0.15, -0.1) is 12.4 Å². The van der Waals surface area contributed by atoms with Crippen LogP contribution < -0.4 is 10.0 Å². The van der Waals surface area contributed by atoms with Crippen molar-refractivity contribution in [3.05, 3.63) is 0 Å². The normalized spacial score (nSPS) is 18.6. The first-order chi connectivity index (χ1) is 5.02. The summed E-state index contributed by atoms with van der Waals surface area (Å²) in [5.74, 6) is 0. The van der Waals surface area contributed by atoms with Crippen molar-refractivity contribution in [1.29, 1.82) is 0 Å². The Labute approximate surface area is 79.1 Å². The number of nitrogens with one attached hydrogen (secondary N) is 2. The standard InChI is InChI=1S/C5H13N3O2S.ClH/c1-8(2)11(9,10)7-5-3-6-4-5;/h5-7H,3-4H2,1-2H3;1H. The fraction of sp³-hybridized carbons (Fsp3) is 1.00. The first-order valence-corrected chi connectivity index (χ1v) is 4.87. The molecule has 0 bridgehead atoms. The van der Waals surface area contributed by atoms with Crippen LogP contribution in [0.1, 0.15) is 0 Å². The molecule has 0 aromatic heterocycles. The quantitative estimate of drug-likeness (QED) is 0.620. The zero-order valence-corrected chi connectivity index (χ0v) is 8.70. The molecule has 0 aromatic carbocycles. The molecule has 0 amide bonds. The highest BCUT2D eigenvalue weighted by Crippen LogP contribution is 1.96. The Hall–Kier alpha value is 0.120. The Bertz CT molecular complexity index is 225. The third-order valence-electron chi connectivity index (χ3n) is 1.58. The summed E-state index contributed by atoms with van der Waals surface area (Å²) in [4.78, 5) is 0. The van der Waals surface area contributed by atoms with Crippen LogP contribution in [0.4, 0.5) is 0 Å². The Morgan fingerprint density at radius 3 is 2.17 bits per heavy atom. The van der Waals surface area contributed by atoms with E-state index in [4.69, 9.17) is 0 Å². The molecule has 0 aliphatic carbocycles. The molecule has 1 heterocycles. The van der Waals surface area contributed by atoms with Gasteiger partial charge in [0.25, 0.3) is 10.2 Å². The van der Waals surface area contributed by atoms with Gasteiger partial charge in [0.05, 0.1) is 0 Å².